The zero-order chi connectivity index (χ0) is 14.4. The second-order valence-electron chi connectivity index (χ2n) is 4.59. The number of nitrogens with two attached hydrogens (primary N) is 1. The summed E-state index contributed by atoms with van der Waals surface area (Å²) in [6.45, 7) is 5.07. The molecular weight excluding hydrogens is 250 g/mol. The van der Waals surface area contributed by atoms with Gasteiger partial charge in [0.2, 0.25) is 0 Å². The van der Waals surface area contributed by atoms with Crippen LogP contribution in [0.25, 0.3) is 0 Å². The molecule has 0 spiro atoms. The van der Waals surface area contributed by atoms with Crippen molar-refractivity contribution in [3.05, 3.63) is 36.2 Å². The fourth-order valence-electron chi connectivity index (χ4n) is 1.84. The predicted molar refractivity (Wildman–Crippen MR) is 84.3 cm³/mol. The van der Waals surface area contributed by atoms with Crippen LogP contribution in [0.5, 0.6) is 0 Å². The summed E-state index contributed by atoms with van der Waals surface area (Å²) in [6.07, 6.45) is 3.56. The molecular formula is C15H21N5. The van der Waals surface area contributed by atoms with E-state index in [4.69, 9.17) is 5.73 Å². The lowest BCUT2D eigenvalue weighted by molar-refractivity contribution is 0.966. The SMILES string of the molecule is CCCNc1ncnc(Nc2ccc(CC)cc2)c1N. The van der Waals surface area contributed by atoms with E-state index in [0.29, 0.717) is 17.3 Å². The molecule has 0 atom stereocenters. The van der Waals surface area contributed by atoms with Gasteiger partial charge in [0.15, 0.2) is 11.6 Å². The summed E-state index contributed by atoms with van der Waals surface area (Å²) in [4.78, 5) is 8.36. The molecule has 0 radical (unpaired) electrons. The molecule has 1 aromatic carbocycles. The number of rotatable bonds is 6. The van der Waals surface area contributed by atoms with Crippen molar-refractivity contribution >= 4 is 23.0 Å². The van der Waals surface area contributed by atoms with E-state index in [1.807, 2.05) is 12.1 Å². The molecule has 0 saturated heterocycles. The second-order valence-corrected chi connectivity index (χ2v) is 4.59. The Kier molecular flexibility index (Phi) is 4.76. The van der Waals surface area contributed by atoms with Gasteiger partial charge < -0.3 is 16.4 Å². The van der Waals surface area contributed by atoms with Crippen LogP contribution in [-0.2, 0) is 6.42 Å². The van der Waals surface area contributed by atoms with Gasteiger partial charge in [-0.3, -0.25) is 0 Å². The number of nitrogen functional groups attached to an aromatic ring is 1. The Bertz CT molecular complexity index is 551. The number of aromatic nitrogens is 2. The van der Waals surface area contributed by atoms with Gasteiger partial charge in [0.05, 0.1) is 0 Å². The molecule has 106 valence electrons. The predicted octanol–water partition coefficient (Wildman–Crippen LogP) is 3.19. The van der Waals surface area contributed by atoms with Gasteiger partial charge >= 0.3 is 0 Å². The van der Waals surface area contributed by atoms with Gasteiger partial charge in [-0.2, -0.15) is 0 Å². The Morgan fingerprint density at radius 1 is 1.05 bits per heavy atom. The highest BCUT2D eigenvalue weighted by molar-refractivity contribution is 5.77. The van der Waals surface area contributed by atoms with Crippen molar-refractivity contribution in [1.29, 1.82) is 0 Å². The minimum atomic E-state index is 0.542. The Morgan fingerprint density at radius 3 is 2.40 bits per heavy atom. The summed E-state index contributed by atoms with van der Waals surface area (Å²) < 4.78 is 0. The quantitative estimate of drug-likeness (QED) is 0.752. The summed E-state index contributed by atoms with van der Waals surface area (Å²) in [6, 6.07) is 8.24. The third kappa shape index (κ3) is 3.38. The smallest absolute Gasteiger partial charge is 0.159 e. The first-order chi connectivity index (χ1) is 9.74. The van der Waals surface area contributed by atoms with Gasteiger partial charge in [0, 0.05) is 12.2 Å². The average molecular weight is 271 g/mol. The molecule has 5 nitrogen and oxygen atoms in total. The summed E-state index contributed by atoms with van der Waals surface area (Å²) >= 11 is 0. The summed E-state index contributed by atoms with van der Waals surface area (Å²) in [5.41, 5.74) is 8.89. The van der Waals surface area contributed by atoms with E-state index in [0.717, 1.165) is 25.1 Å². The van der Waals surface area contributed by atoms with Crippen molar-refractivity contribution in [3.8, 4) is 0 Å². The standard InChI is InChI=1S/C15H21N5/c1-3-9-17-14-13(16)15(19-10-18-14)20-12-7-5-11(4-2)6-8-12/h5-8,10H,3-4,9,16H2,1-2H3,(H2,17,18,19,20). The lowest BCUT2D eigenvalue weighted by atomic mass is 10.1. The molecule has 0 amide bonds. The normalized spacial score (nSPS) is 10.3. The molecule has 0 unspecified atom stereocenters. The summed E-state index contributed by atoms with van der Waals surface area (Å²) in [7, 11) is 0. The third-order valence-corrected chi connectivity index (χ3v) is 3.05. The van der Waals surface area contributed by atoms with E-state index in [9.17, 15) is 0 Å². The molecule has 0 aliphatic rings. The number of aryl methyl sites for hydroxylation is 1. The average Bonchev–Trinajstić information content (AvgIpc) is 2.49. The van der Waals surface area contributed by atoms with Crippen LogP contribution in [0, 0.1) is 0 Å². The molecule has 4 N–H and O–H groups in total. The van der Waals surface area contributed by atoms with Crippen LogP contribution in [0.4, 0.5) is 23.0 Å². The first kappa shape index (κ1) is 14.1. The maximum absolute atomic E-state index is 6.08. The number of hydrogen-bond acceptors (Lipinski definition) is 5. The highest BCUT2D eigenvalue weighted by atomic mass is 15.1. The van der Waals surface area contributed by atoms with Gasteiger partial charge in [0.1, 0.15) is 12.0 Å². The van der Waals surface area contributed by atoms with E-state index < -0.39 is 0 Å². The maximum Gasteiger partial charge on any atom is 0.159 e. The van der Waals surface area contributed by atoms with Gasteiger partial charge in [-0.25, -0.2) is 9.97 Å². The van der Waals surface area contributed by atoms with Crippen molar-refractivity contribution in [2.45, 2.75) is 26.7 Å². The molecule has 0 saturated carbocycles. The highest BCUT2D eigenvalue weighted by Crippen LogP contribution is 2.25. The van der Waals surface area contributed by atoms with Gasteiger partial charge in [-0.15, -0.1) is 0 Å². The highest BCUT2D eigenvalue weighted by Gasteiger charge is 2.07. The van der Waals surface area contributed by atoms with Crippen LogP contribution in [0.1, 0.15) is 25.8 Å². The lowest BCUT2D eigenvalue weighted by Gasteiger charge is -2.12. The minimum Gasteiger partial charge on any atom is -0.393 e. The fourth-order valence-corrected chi connectivity index (χ4v) is 1.84. The van der Waals surface area contributed by atoms with E-state index in [1.165, 1.54) is 11.9 Å². The van der Waals surface area contributed by atoms with Crippen LogP contribution in [0.15, 0.2) is 30.6 Å². The molecule has 0 aliphatic carbocycles. The number of anilines is 4. The Balaban J connectivity index is 2.15. The zero-order valence-corrected chi connectivity index (χ0v) is 12.0. The fraction of sp³-hybridized carbons (Fsp3) is 0.333. The van der Waals surface area contributed by atoms with Gasteiger partial charge in [0.25, 0.3) is 0 Å². The van der Waals surface area contributed by atoms with E-state index in [1.54, 1.807) is 0 Å². The van der Waals surface area contributed by atoms with Crippen molar-refractivity contribution < 1.29 is 0 Å². The topological polar surface area (TPSA) is 75.9 Å². The van der Waals surface area contributed by atoms with Crippen molar-refractivity contribution in [2.75, 3.05) is 22.9 Å². The number of nitrogens with zero attached hydrogens (tertiary/aromatic N) is 2. The molecule has 1 heterocycles. The van der Waals surface area contributed by atoms with E-state index in [2.05, 4.69) is 46.6 Å². The van der Waals surface area contributed by atoms with Crippen LogP contribution in [0.3, 0.4) is 0 Å². The monoisotopic (exact) mass is 271 g/mol. The molecule has 2 rings (SSSR count). The Hall–Kier alpha value is -2.30. The van der Waals surface area contributed by atoms with E-state index >= 15 is 0 Å². The molecule has 5 heteroatoms. The molecule has 0 fully saturated rings. The summed E-state index contributed by atoms with van der Waals surface area (Å²) in [5, 5.41) is 6.42. The van der Waals surface area contributed by atoms with Crippen LogP contribution < -0.4 is 16.4 Å². The molecule has 2 aromatic rings. The minimum absolute atomic E-state index is 0.542. The number of benzene rings is 1. The second kappa shape index (κ2) is 6.75. The molecule has 0 aliphatic heterocycles. The number of nitrogens with one attached hydrogen (secondary N) is 2. The Morgan fingerprint density at radius 2 is 1.75 bits per heavy atom. The van der Waals surface area contributed by atoms with Gasteiger partial charge in [-0.05, 0) is 30.5 Å². The van der Waals surface area contributed by atoms with Crippen LogP contribution in [-0.4, -0.2) is 16.5 Å². The summed E-state index contributed by atoms with van der Waals surface area (Å²) in [5.74, 6) is 1.30. The first-order valence-corrected chi connectivity index (χ1v) is 6.94. The molecule has 1 aromatic heterocycles. The van der Waals surface area contributed by atoms with Crippen LogP contribution in [0.2, 0.25) is 0 Å². The number of hydrogen-bond donors (Lipinski definition) is 3. The molecule has 0 bridgehead atoms. The Labute approximate surface area is 119 Å². The zero-order valence-electron chi connectivity index (χ0n) is 12.0. The largest absolute Gasteiger partial charge is 0.393 e. The van der Waals surface area contributed by atoms with E-state index in [-0.39, 0.29) is 0 Å². The first-order valence-electron chi connectivity index (χ1n) is 6.94. The van der Waals surface area contributed by atoms with Gasteiger partial charge in [-0.1, -0.05) is 26.0 Å². The van der Waals surface area contributed by atoms with Crippen LogP contribution >= 0.6 is 0 Å². The third-order valence-electron chi connectivity index (χ3n) is 3.05. The molecule has 20 heavy (non-hydrogen) atoms. The maximum atomic E-state index is 6.08. The van der Waals surface area contributed by atoms with Crippen molar-refractivity contribution in [1.82, 2.24) is 9.97 Å². The van der Waals surface area contributed by atoms with Crippen molar-refractivity contribution in [2.24, 2.45) is 0 Å². The van der Waals surface area contributed by atoms with Crippen molar-refractivity contribution in [3.63, 3.8) is 0 Å². The lowest BCUT2D eigenvalue weighted by Crippen LogP contribution is -2.08.